The normalized spacial score (nSPS) is 11.7. The third-order valence-electron chi connectivity index (χ3n) is 3.68. The number of benzene rings is 2. The van der Waals surface area contributed by atoms with Gasteiger partial charge in [0.1, 0.15) is 16.7 Å². The third kappa shape index (κ3) is 2.73. The maximum atomic E-state index is 9.30. The first-order chi connectivity index (χ1) is 11.2. The Morgan fingerprint density at radius 1 is 0.957 bits per heavy atom. The fourth-order valence-corrected chi connectivity index (χ4v) is 2.49. The third-order valence-corrected chi connectivity index (χ3v) is 3.68. The summed E-state index contributed by atoms with van der Waals surface area (Å²) in [7, 11) is 3.17. The van der Waals surface area contributed by atoms with E-state index in [0.717, 1.165) is 16.5 Å². The van der Waals surface area contributed by atoms with Crippen LogP contribution in [0.4, 0.5) is 0 Å². The minimum absolute atomic E-state index is 0.455. The van der Waals surface area contributed by atoms with Gasteiger partial charge in [-0.15, -0.1) is 0 Å². The molecular weight excluding hydrogens is 294 g/mol. The molecule has 0 bridgehead atoms. The summed E-state index contributed by atoms with van der Waals surface area (Å²) in [6.45, 7) is 1.98. The summed E-state index contributed by atoms with van der Waals surface area (Å²) in [5, 5.41) is 13.9. The number of rotatable bonds is 3. The molecule has 23 heavy (non-hydrogen) atoms. The van der Waals surface area contributed by atoms with Crippen LogP contribution in [0.25, 0.3) is 22.3 Å². The van der Waals surface area contributed by atoms with Gasteiger partial charge in [-0.25, -0.2) is 0 Å². The van der Waals surface area contributed by atoms with E-state index in [2.05, 4.69) is 5.16 Å². The van der Waals surface area contributed by atoms with E-state index in [0.29, 0.717) is 28.2 Å². The van der Waals surface area contributed by atoms with Crippen molar-refractivity contribution >= 4 is 11.0 Å². The Morgan fingerprint density at radius 2 is 1.74 bits per heavy atom. The molecule has 3 aromatic rings. The van der Waals surface area contributed by atoms with Crippen LogP contribution in [0, 0.1) is 6.92 Å². The summed E-state index contributed by atoms with van der Waals surface area (Å²) in [6, 6.07) is 12.9. The van der Waals surface area contributed by atoms with Crippen molar-refractivity contribution in [3.8, 4) is 22.8 Å². The number of methoxy groups -OCH3 is 2. The van der Waals surface area contributed by atoms with Gasteiger partial charge < -0.3 is 19.1 Å². The van der Waals surface area contributed by atoms with Gasteiger partial charge in [0.15, 0.2) is 11.5 Å². The second kappa shape index (κ2) is 6.04. The predicted octanol–water partition coefficient (Wildman–Crippen LogP) is 3.72. The van der Waals surface area contributed by atoms with Gasteiger partial charge in [0.25, 0.3) is 0 Å². The van der Waals surface area contributed by atoms with Crippen LogP contribution < -0.4 is 14.8 Å². The molecular formula is C18H17NO4. The van der Waals surface area contributed by atoms with Crippen molar-refractivity contribution in [3.05, 3.63) is 53.4 Å². The van der Waals surface area contributed by atoms with Crippen molar-refractivity contribution in [2.45, 2.75) is 6.92 Å². The molecule has 1 heterocycles. The lowest BCUT2D eigenvalue weighted by Crippen LogP contribution is -2.03. The number of fused-ring (bicyclic) bond motifs is 1. The molecule has 0 amide bonds. The van der Waals surface area contributed by atoms with E-state index >= 15 is 0 Å². The molecule has 0 atom stereocenters. The number of nitrogens with zero attached hydrogens (tertiary/aromatic N) is 1. The summed E-state index contributed by atoms with van der Waals surface area (Å²) in [5.41, 5.74) is 2.52. The highest BCUT2D eigenvalue weighted by Gasteiger charge is 2.10. The zero-order valence-electron chi connectivity index (χ0n) is 13.2. The molecule has 0 saturated heterocycles. The lowest BCUT2D eigenvalue weighted by Gasteiger charge is -2.10. The van der Waals surface area contributed by atoms with Crippen LogP contribution in [0.2, 0.25) is 0 Å². The van der Waals surface area contributed by atoms with Crippen molar-refractivity contribution < 1.29 is 19.1 Å². The van der Waals surface area contributed by atoms with Crippen molar-refractivity contribution in [1.82, 2.24) is 0 Å². The number of hydrogen-bond acceptors (Lipinski definition) is 5. The molecule has 0 radical (unpaired) electrons. The van der Waals surface area contributed by atoms with E-state index in [1.165, 1.54) is 0 Å². The van der Waals surface area contributed by atoms with Gasteiger partial charge in [0, 0.05) is 17.0 Å². The van der Waals surface area contributed by atoms with Gasteiger partial charge in [-0.2, -0.15) is 0 Å². The molecule has 5 nitrogen and oxygen atoms in total. The maximum absolute atomic E-state index is 9.30. The molecule has 0 aliphatic heterocycles. The van der Waals surface area contributed by atoms with E-state index in [1.54, 1.807) is 26.4 Å². The van der Waals surface area contributed by atoms with Crippen molar-refractivity contribution in [3.63, 3.8) is 0 Å². The minimum Gasteiger partial charge on any atom is -0.493 e. The highest BCUT2D eigenvalue weighted by Crippen LogP contribution is 2.32. The van der Waals surface area contributed by atoms with Crippen LogP contribution in [0.1, 0.15) is 5.56 Å². The second-order valence-corrected chi connectivity index (χ2v) is 5.17. The fourth-order valence-electron chi connectivity index (χ4n) is 2.49. The van der Waals surface area contributed by atoms with Gasteiger partial charge in [-0.1, -0.05) is 11.2 Å². The summed E-state index contributed by atoms with van der Waals surface area (Å²) in [5.74, 6) is 1.82. The standard InChI is InChI=1S/C18H17NO4/c1-11-4-6-13-14(19-20)10-16(23-17(13)8-11)12-5-7-15(21-2)18(9-12)22-3/h4-10,20H,1-3H3/b19-14+. The lowest BCUT2D eigenvalue weighted by atomic mass is 10.1. The topological polar surface area (TPSA) is 64.2 Å². The molecule has 2 aromatic carbocycles. The second-order valence-electron chi connectivity index (χ2n) is 5.17. The first-order valence-electron chi connectivity index (χ1n) is 7.11. The Kier molecular flexibility index (Phi) is 3.93. The highest BCUT2D eigenvalue weighted by atomic mass is 16.5. The number of ether oxygens (including phenoxy) is 2. The maximum Gasteiger partial charge on any atom is 0.161 e. The van der Waals surface area contributed by atoms with Gasteiger partial charge in [0.05, 0.1) is 14.2 Å². The van der Waals surface area contributed by atoms with Crippen LogP contribution in [0.5, 0.6) is 11.5 Å². The van der Waals surface area contributed by atoms with Crippen LogP contribution in [0.15, 0.2) is 52.0 Å². The molecule has 118 valence electrons. The molecule has 0 aliphatic rings. The van der Waals surface area contributed by atoms with Crippen molar-refractivity contribution in [2.75, 3.05) is 14.2 Å². The molecule has 0 saturated carbocycles. The average molecular weight is 311 g/mol. The Morgan fingerprint density at radius 3 is 2.43 bits per heavy atom. The Labute approximate surface area is 133 Å². The molecule has 1 aromatic heterocycles. The van der Waals surface area contributed by atoms with E-state index < -0.39 is 0 Å². The predicted molar refractivity (Wildman–Crippen MR) is 86.8 cm³/mol. The summed E-state index contributed by atoms with van der Waals surface area (Å²) in [6.07, 6.45) is 0. The van der Waals surface area contributed by atoms with E-state index in [9.17, 15) is 5.21 Å². The average Bonchev–Trinajstić information content (AvgIpc) is 2.59. The highest BCUT2D eigenvalue weighted by molar-refractivity contribution is 5.79. The smallest absolute Gasteiger partial charge is 0.161 e. The Hall–Kier alpha value is -2.95. The van der Waals surface area contributed by atoms with Crippen LogP contribution in [0.3, 0.4) is 0 Å². The number of hydrogen-bond donors (Lipinski definition) is 1. The van der Waals surface area contributed by atoms with Crippen molar-refractivity contribution in [2.24, 2.45) is 5.16 Å². The Balaban J connectivity index is 2.24. The van der Waals surface area contributed by atoms with E-state index in [1.807, 2.05) is 37.3 Å². The van der Waals surface area contributed by atoms with Gasteiger partial charge in [-0.3, -0.25) is 0 Å². The molecule has 5 heteroatoms. The lowest BCUT2D eigenvalue weighted by molar-refractivity contribution is 0.302. The molecule has 3 rings (SSSR count). The first-order valence-corrected chi connectivity index (χ1v) is 7.11. The molecule has 0 aliphatic carbocycles. The summed E-state index contributed by atoms with van der Waals surface area (Å²) in [4.78, 5) is 0. The van der Waals surface area contributed by atoms with Crippen molar-refractivity contribution in [1.29, 1.82) is 0 Å². The zero-order chi connectivity index (χ0) is 16.4. The minimum atomic E-state index is 0.455. The fraction of sp³-hybridized carbons (Fsp3) is 0.167. The molecule has 0 fully saturated rings. The summed E-state index contributed by atoms with van der Waals surface area (Å²) >= 11 is 0. The number of aryl methyl sites for hydroxylation is 1. The quantitative estimate of drug-likeness (QED) is 0.591. The Bertz CT molecular complexity index is 928. The van der Waals surface area contributed by atoms with Crippen LogP contribution in [-0.2, 0) is 0 Å². The first kappa shape index (κ1) is 15.0. The monoisotopic (exact) mass is 311 g/mol. The molecule has 0 unspecified atom stereocenters. The van der Waals surface area contributed by atoms with Crippen LogP contribution in [-0.4, -0.2) is 19.4 Å². The van der Waals surface area contributed by atoms with Gasteiger partial charge >= 0.3 is 0 Å². The SMILES string of the molecule is COc1ccc(-c2c/c(=N\O)c3ccc(C)cc3o2)cc1OC. The van der Waals surface area contributed by atoms with E-state index in [-0.39, 0.29) is 0 Å². The van der Waals surface area contributed by atoms with E-state index in [4.69, 9.17) is 13.9 Å². The molecule has 0 spiro atoms. The van der Waals surface area contributed by atoms with Gasteiger partial charge in [0.2, 0.25) is 0 Å². The zero-order valence-corrected chi connectivity index (χ0v) is 13.2. The summed E-state index contributed by atoms with van der Waals surface area (Å²) < 4.78 is 16.5. The van der Waals surface area contributed by atoms with Gasteiger partial charge in [-0.05, 0) is 42.8 Å². The molecule has 1 N–H and O–H groups in total. The van der Waals surface area contributed by atoms with Crippen LogP contribution >= 0.6 is 0 Å². The largest absolute Gasteiger partial charge is 0.493 e.